The van der Waals surface area contributed by atoms with Gasteiger partial charge in [-0.15, -0.1) is 0 Å². The van der Waals surface area contributed by atoms with Crippen LogP contribution in [-0.2, 0) is 27.3 Å². The van der Waals surface area contributed by atoms with Crippen molar-refractivity contribution in [2.75, 3.05) is 91.0 Å². The lowest BCUT2D eigenvalue weighted by molar-refractivity contribution is -0.132. The van der Waals surface area contributed by atoms with Crippen LogP contribution in [0.3, 0.4) is 0 Å². The van der Waals surface area contributed by atoms with Gasteiger partial charge in [0.05, 0.1) is 53.6 Å². The highest BCUT2D eigenvalue weighted by atomic mass is 19.1. The number of anilines is 1. The third kappa shape index (κ3) is 12.4. The molecule has 2 aromatic carbocycles. The number of fused-ring (bicyclic) bond motifs is 1. The first kappa shape index (κ1) is 53.2. The van der Waals surface area contributed by atoms with Gasteiger partial charge in [-0.2, -0.15) is 10.4 Å². The van der Waals surface area contributed by atoms with Crippen molar-refractivity contribution in [2.24, 2.45) is 5.92 Å². The number of hydrogen-bond acceptors (Lipinski definition) is 13. The minimum absolute atomic E-state index is 0.0126. The number of likely N-dealkylation sites (N-methyl/N-ethyl adjacent to an activating group) is 2. The molecule has 1 unspecified atom stereocenters. The smallest absolute Gasteiger partial charge is 0.254 e. The number of aldehydes is 2. The number of hydrogen-bond donors (Lipinski definition) is 2. The van der Waals surface area contributed by atoms with Crippen LogP contribution < -0.4 is 20.3 Å². The first-order valence-corrected chi connectivity index (χ1v) is 25.5. The Morgan fingerprint density at radius 3 is 2.41 bits per heavy atom. The largest absolute Gasteiger partial charge is 0.492 e. The first-order valence-electron chi connectivity index (χ1n) is 25.5. The second kappa shape index (κ2) is 24.3. The van der Waals surface area contributed by atoms with E-state index in [1.54, 1.807) is 43.1 Å². The number of nitriles is 1. The number of aromatic nitrogens is 3. The molecule has 17 nitrogen and oxygen atoms in total. The van der Waals surface area contributed by atoms with Gasteiger partial charge >= 0.3 is 0 Å². The van der Waals surface area contributed by atoms with Gasteiger partial charge in [-0.05, 0) is 99.5 Å². The van der Waals surface area contributed by atoms with E-state index in [4.69, 9.17) is 9.72 Å². The van der Waals surface area contributed by atoms with E-state index in [1.165, 1.54) is 6.20 Å². The Morgan fingerprint density at radius 2 is 1.73 bits per heavy atom. The standard InChI is InChI=1S/C55H65F2N11O6/c1-4-74-44-29-45(52-42(30-58)32-61-68(52)34-44)40-10-13-50(60-31-40)66-20-16-55(17-21-66,62-53(72)46-28-43(56)11-12-48(46)57)37-65-24-22-64(23-25-65)33-38-14-18-67(19-15-38)51(71)27-39-7-5-8-41(36-70)47(39)35-63(3)49(9-6-26-69)54(73)59-2/h5,7-8,10-13,26,28-29,31-32,34,36,38,49H,4,6,9,14-25,27,33,35,37H2,1-3H3,(H,59,73)(H,62,72). The summed E-state index contributed by atoms with van der Waals surface area (Å²) in [6, 6.07) is 15.7. The number of carbonyl (C=O) groups excluding carboxylic acids is 5. The molecule has 1 atom stereocenters. The number of pyridine rings is 2. The highest BCUT2D eigenvalue weighted by molar-refractivity contribution is 5.95. The quantitative estimate of drug-likeness (QED) is 0.0976. The highest BCUT2D eigenvalue weighted by Gasteiger charge is 2.40. The van der Waals surface area contributed by atoms with E-state index in [-0.39, 0.29) is 36.8 Å². The average Bonchev–Trinajstić information content (AvgIpc) is 3.84. The van der Waals surface area contributed by atoms with Crippen molar-refractivity contribution in [2.45, 2.75) is 70.0 Å². The number of carbonyl (C=O) groups is 5. The lowest BCUT2D eigenvalue weighted by Crippen LogP contribution is -2.62. The van der Waals surface area contributed by atoms with Gasteiger partial charge < -0.3 is 34.9 Å². The molecule has 0 spiro atoms. The summed E-state index contributed by atoms with van der Waals surface area (Å²) < 4.78 is 36.7. The van der Waals surface area contributed by atoms with E-state index in [2.05, 4.69) is 36.5 Å². The van der Waals surface area contributed by atoms with Gasteiger partial charge in [0.25, 0.3) is 5.91 Å². The van der Waals surface area contributed by atoms with Crippen molar-refractivity contribution in [3.8, 4) is 22.9 Å². The van der Waals surface area contributed by atoms with E-state index in [0.29, 0.717) is 92.5 Å². The molecular weight excluding hydrogens is 949 g/mol. The van der Waals surface area contributed by atoms with Crippen molar-refractivity contribution in [3.05, 3.63) is 113 Å². The van der Waals surface area contributed by atoms with Crippen LogP contribution in [0.25, 0.3) is 16.6 Å². The zero-order valence-corrected chi connectivity index (χ0v) is 42.4. The Labute approximate surface area is 430 Å². The number of amides is 3. The molecule has 8 rings (SSSR count). The van der Waals surface area contributed by atoms with Gasteiger partial charge in [0, 0.05) is 108 Å². The molecule has 19 heteroatoms. The minimum Gasteiger partial charge on any atom is -0.492 e. The van der Waals surface area contributed by atoms with E-state index in [0.717, 1.165) is 98.8 Å². The minimum atomic E-state index is -0.786. The maximum Gasteiger partial charge on any atom is 0.254 e. The van der Waals surface area contributed by atoms with Crippen molar-refractivity contribution in [1.29, 1.82) is 5.26 Å². The molecule has 3 saturated heterocycles. The molecule has 0 radical (unpaired) electrons. The van der Waals surface area contributed by atoms with Crippen molar-refractivity contribution >= 4 is 41.6 Å². The SMILES string of the molecule is CCOc1cc(-c2ccc(N3CCC(CN4CCN(CC5CCN(C(=O)Cc6cccc(C=O)c6CN(C)C(CCC=O)C(=O)NC)CC5)CC4)(NC(=O)c4cc(F)ccc4F)CC3)nc2)c2c(C#N)cnn2c1. The van der Waals surface area contributed by atoms with Crippen molar-refractivity contribution < 1.29 is 37.5 Å². The third-order valence-electron chi connectivity index (χ3n) is 15.0. The van der Waals surface area contributed by atoms with Gasteiger partial charge in [-0.3, -0.25) is 29.0 Å². The topological polar surface area (TPSA) is 189 Å². The summed E-state index contributed by atoms with van der Waals surface area (Å²) >= 11 is 0. The number of nitrogens with zero attached hydrogens (tertiary/aromatic N) is 9. The summed E-state index contributed by atoms with van der Waals surface area (Å²) in [6.45, 7) is 9.58. The molecular formula is C55H65F2N11O6. The fraction of sp³-hybridized carbons (Fsp3) is 0.455. The molecule has 2 N–H and O–H groups in total. The fourth-order valence-corrected chi connectivity index (χ4v) is 10.8. The second-order valence-electron chi connectivity index (χ2n) is 19.7. The summed E-state index contributed by atoms with van der Waals surface area (Å²) in [6.07, 6.45) is 10.1. The lowest BCUT2D eigenvalue weighted by Gasteiger charge is -2.47. The molecule has 5 aromatic rings. The molecule has 6 heterocycles. The van der Waals surface area contributed by atoms with Crippen LogP contribution in [0.5, 0.6) is 5.75 Å². The third-order valence-corrected chi connectivity index (χ3v) is 15.0. The molecule has 0 saturated carbocycles. The number of rotatable bonds is 20. The average molecular weight is 1010 g/mol. The number of piperazine rings is 1. The molecule has 0 aliphatic carbocycles. The van der Waals surface area contributed by atoms with E-state index < -0.39 is 29.1 Å². The predicted molar refractivity (Wildman–Crippen MR) is 275 cm³/mol. The van der Waals surface area contributed by atoms with E-state index in [9.17, 15) is 38.0 Å². The van der Waals surface area contributed by atoms with Crippen LogP contribution in [-0.4, -0.2) is 162 Å². The van der Waals surface area contributed by atoms with Gasteiger partial charge in [0.1, 0.15) is 41.8 Å². The summed E-state index contributed by atoms with van der Waals surface area (Å²) in [5, 5.41) is 20.0. The van der Waals surface area contributed by atoms with Gasteiger partial charge in [0.2, 0.25) is 11.8 Å². The van der Waals surface area contributed by atoms with Crippen molar-refractivity contribution in [1.82, 2.24) is 44.8 Å². The maximum absolute atomic E-state index is 15.0. The Hall–Kier alpha value is -7.14. The Kier molecular flexibility index (Phi) is 17.4. The Bertz CT molecular complexity index is 2850. The summed E-state index contributed by atoms with van der Waals surface area (Å²) in [5.41, 5.74) is 3.49. The number of halogens is 2. The number of likely N-dealkylation sites (tertiary alicyclic amines) is 1. The van der Waals surface area contributed by atoms with Crippen molar-refractivity contribution in [3.63, 3.8) is 0 Å². The summed E-state index contributed by atoms with van der Waals surface area (Å²) in [7, 11) is 3.33. The normalized spacial score (nSPS) is 16.9. The van der Waals surface area contributed by atoms with Crippen LogP contribution in [0, 0.1) is 28.9 Å². The second-order valence-corrected chi connectivity index (χ2v) is 19.7. The monoisotopic (exact) mass is 1010 g/mol. The zero-order valence-electron chi connectivity index (χ0n) is 42.4. The zero-order chi connectivity index (χ0) is 52.4. The molecule has 3 aromatic heterocycles. The van der Waals surface area contributed by atoms with E-state index in [1.807, 2.05) is 41.0 Å². The summed E-state index contributed by atoms with van der Waals surface area (Å²) in [4.78, 5) is 79.1. The van der Waals surface area contributed by atoms with Crippen LogP contribution in [0.1, 0.15) is 82.9 Å². The first-order chi connectivity index (χ1) is 35.8. The molecule has 3 fully saturated rings. The maximum atomic E-state index is 15.0. The van der Waals surface area contributed by atoms with Crippen LogP contribution in [0.2, 0.25) is 0 Å². The van der Waals surface area contributed by atoms with Gasteiger partial charge in [-0.25, -0.2) is 18.3 Å². The predicted octanol–water partition coefficient (Wildman–Crippen LogP) is 5.15. The fourth-order valence-electron chi connectivity index (χ4n) is 10.8. The molecule has 3 aliphatic heterocycles. The Morgan fingerprint density at radius 1 is 0.973 bits per heavy atom. The number of piperidine rings is 2. The number of nitrogens with one attached hydrogen (secondary N) is 2. The van der Waals surface area contributed by atoms with Crippen LogP contribution in [0.4, 0.5) is 14.6 Å². The highest BCUT2D eigenvalue weighted by Crippen LogP contribution is 2.34. The molecule has 74 heavy (non-hydrogen) atoms. The summed E-state index contributed by atoms with van der Waals surface area (Å²) in [5.74, 6) is -0.596. The van der Waals surface area contributed by atoms with Gasteiger partial charge in [-0.1, -0.05) is 18.2 Å². The number of ether oxygens (including phenoxy) is 1. The number of benzene rings is 2. The molecule has 3 aliphatic rings. The van der Waals surface area contributed by atoms with E-state index >= 15 is 0 Å². The van der Waals surface area contributed by atoms with Gasteiger partial charge in [0.15, 0.2) is 0 Å². The Balaban J connectivity index is 0.865. The lowest BCUT2D eigenvalue weighted by atomic mass is 9.85. The molecule has 3 amide bonds. The molecule has 390 valence electrons. The molecule has 0 bridgehead atoms. The van der Waals surface area contributed by atoms with Crippen LogP contribution >= 0.6 is 0 Å². The van der Waals surface area contributed by atoms with Crippen LogP contribution in [0.15, 0.2) is 73.2 Å².